The third kappa shape index (κ3) is 4.08. The minimum atomic E-state index is -0.898. The molecule has 0 unspecified atom stereocenters. The van der Waals surface area contributed by atoms with E-state index in [1.165, 1.54) is 35.4 Å². The average Bonchev–Trinajstić information content (AvgIpc) is 3.41. The zero-order chi connectivity index (χ0) is 23.7. The summed E-state index contributed by atoms with van der Waals surface area (Å²) in [5, 5.41) is 22.2. The van der Waals surface area contributed by atoms with E-state index in [9.17, 15) is 24.8 Å². The van der Waals surface area contributed by atoms with Gasteiger partial charge in [-0.1, -0.05) is 24.3 Å². The molecule has 0 saturated carbocycles. The lowest BCUT2D eigenvalue weighted by molar-refractivity contribution is -0.384. The molecule has 168 valence electrons. The summed E-state index contributed by atoms with van der Waals surface area (Å²) in [6, 6.07) is 15.0. The molecule has 0 aliphatic carbocycles. The number of aliphatic hydroxyl groups is 1. The van der Waals surface area contributed by atoms with E-state index in [0.29, 0.717) is 11.3 Å². The average molecular weight is 447 g/mol. The van der Waals surface area contributed by atoms with Gasteiger partial charge in [-0.2, -0.15) is 0 Å². The van der Waals surface area contributed by atoms with E-state index in [-0.39, 0.29) is 23.4 Å². The standard InChI is InChI=1S/C24H21N3O6/c1-25(2)17-10-8-15(9-11-17)21-20(22(28)16-5-3-6-18(13-16)27(31)32)23(29)24(30)26(21)14-19-7-4-12-33-19/h3-13,21,28H,14H2,1-2H3/b22-20+/t21-/m1/s1. The number of anilines is 1. The van der Waals surface area contributed by atoms with Crippen molar-refractivity contribution in [2.45, 2.75) is 12.6 Å². The number of Topliss-reactive ketones (excluding diaryl/α,β-unsaturated/α-hetero) is 1. The Hall–Kier alpha value is -4.40. The van der Waals surface area contributed by atoms with Crippen molar-refractivity contribution in [2.75, 3.05) is 19.0 Å². The maximum atomic E-state index is 13.1. The molecule has 1 aliphatic heterocycles. The fourth-order valence-electron chi connectivity index (χ4n) is 3.84. The molecule has 2 heterocycles. The van der Waals surface area contributed by atoms with Crippen molar-refractivity contribution < 1.29 is 24.0 Å². The van der Waals surface area contributed by atoms with Crippen LogP contribution in [-0.2, 0) is 16.1 Å². The van der Waals surface area contributed by atoms with E-state index in [4.69, 9.17) is 4.42 Å². The van der Waals surface area contributed by atoms with Crippen molar-refractivity contribution >= 4 is 28.8 Å². The van der Waals surface area contributed by atoms with Gasteiger partial charge < -0.3 is 19.3 Å². The van der Waals surface area contributed by atoms with Crippen LogP contribution in [0.3, 0.4) is 0 Å². The monoisotopic (exact) mass is 447 g/mol. The van der Waals surface area contributed by atoms with Gasteiger partial charge >= 0.3 is 0 Å². The summed E-state index contributed by atoms with van der Waals surface area (Å²) in [6.07, 6.45) is 1.47. The van der Waals surface area contributed by atoms with E-state index in [0.717, 1.165) is 5.69 Å². The van der Waals surface area contributed by atoms with Gasteiger partial charge in [0.2, 0.25) is 0 Å². The van der Waals surface area contributed by atoms with Gasteiger partial charge in [0.1, 0.15) is 11.5 Å². The topological polar surface area (TPSA) is 117 Å². The molecule has 1 aliphatic rings. The van der Waals surface area contributed by atoms with Crippen LogP contribution in [0.1, 0.15) is 22.9 Å². The van der Waals surface area contributed by atoms with Crippen molar-refractivity contribution in [2.24, 2.45) is 0 Å². The van der Waals surface area contributed by atoms with Gasteiger partial charge in [0, 0.05) is 37.5 Å². The Bertz CT molecular complexity index is 1250. The van der Waals surface area contributed by atoms with Crippen molar-refractivity contribution in [1.82, 2.24) is 4.90 Å². The molecule has 1 N–H and O–H groups in total. The number of carbonyl (C=O) groups is 2. The summed E-state index contributed by atoms with van der Waals surface area (Å²) in [5.41, 5.74) is 1.23. The van der Waals surface area contributed by atoms with Crippen LogP contribution in [0.4, 0.5) is 11.4 Å². The van der Waals surface area contributed by atoms with Crippen LogP contribution in [0, 0.1) is 10.1 Å². The molecular weight excluding hydrogens is 426 g/mol. The van der Waals surface area contributed by atoms with E-state index < -0.39 is 28.4 Å². The van der Waals surface area contributed by atoms with Crippen LogP contribution < -0.4 is 4.90 Å². The number of hydrogen-bond donors (Lipinski definition) is 1. The molecule has 9 heteroatoms. The van der Waals surface area contributed by atoms with Gasteiger partial charge in [0.25, 0.3) is 17.4 Å². The Morgan fingerprint density at radius 3 is 2.45 bits per heavy atom. The number of nitrogens with zero attached hydrogens (tertiary/aromatic N) is 3. The van der Waals surface area contributed by atoms with Crippen LogP contribution in [0.2, 0.25) is 0 Å². The third-order valence-corrected chi connectivity index (χ3v) is 5.50. The molecule has 0 spiro atoms. The minimum Gasteiger partial charge on any atom is -0.507 e. The number of rotatable bonds is 6. The number of amides is 1. The van der Waals surface area contributed by atoms with E-state index >= 15 is 0 Å². The normalized spacial score (nSPS) is 17.4. The molecule has 2 aromatic carbocycles. The lowest BCUT2D eigenvalue weighted by atomic mass is 9.95. The fraction of sp³-hybridized carbons (Fsp3) is 0.167. The summed E-state index contributed by atoms with van der Waals surface area (Å²) in [7, 11) is 3.78. The molecule has 9 nitrogen and oxygen atoms in total. The maximum absolute atomic E-state index is 13.1. The first-order valence-electron chi connectivity index (χ1n) is 10.1. The molecule has 1 amide bonds. The Morgan fingerprint density at radius 2 is 1.85 bits per heavy atom. The number of hydrogen-bond acceptors (Lipinski definition) is 7. The lowest BCUT2D eigenvalue weighted by Gasteiger charge is -2.25. The quantitative estimate of drug-likeness (QED) is 0.200. The van der Waals surface area contributed by atoms with Gasteiger partial charge in [0.15, 0.2) is 0 Å². The molecule has 1 aromatic heterocycles. The van der Waals surface area contributed by atoms with Crippen molar-refractivity contribution in [1.29, 1.82) is 0 Å². The molecule has 0 radical (unpaired) electrons. The van der Waals surface area contributed by atoms with Crippen LogP contribution in [0.25, 0.3) is 5.76 Å². The molecule has 4 rings (SSSR count). The number of non-ortho nitro benzene ring substituents is 1. The second-order valence-corrected chi connectivity index (χ2v) is 7.80. The highest BCUT2D eigenvalue weighted by Gasteiger charge is 2.46. The Kier molecular flexibility index (Phi) is 5.70. The largest absolute Gasteiger partial charge is 0.507 e. The smallest absolute Gasteiger partial charge is 0.296 e. The Balaban J connectivity index is 1.86. The lowest BCUT2D eigenvalue weighted by Crippen LogP contribution is -2.29. The maximum Gasteiger partial charge on any atom is 0.296 e. The van der Waals surface area contributed by atoms with Gasteiger partial charge in [-0.25, -0.2) is 0 Å². The Labute approximate surface area is 189 Å². The zero-order valence-electron chi connectivity index (χ0n) is 18.0. The van der Waals surface area contributed by atoms with Gasteiger partial charge in [-0.3, -0.25) is 19.7 Å². The molecule has 0 bridgehead atoms. The number of furan rings is 1. The van der Waals surface area contributed by atoms with Crippen molar-refractivity contribution in [3.05, 3.63) is 99.5 Å². The predicted molar refractivity (Wildman–Crippen MR) is 120 cm³/mol. The highest BCUT2D eigenvalue weighted by Crippen LogP contribution is 2.41. The van der Waals surface area contributed by atoms with Crippen LogP contribution >= 0.6 is 0 Å². The first-order chi connectivity index (χ1) is 15.8. The third-order valence-electron chi connectivity index (χ3n) is 5.50. The van der Waals surface area contributed by atoms with Crippen LogP contribution in [-0.4, -0.2) is 40.7 Å². The predicted octanol–water partition coefficient (Wildman–Crippen LogP) is 3.88. The Morgan fingerprint density at radius 1 is 1.12 bits per heavy atom. The van der Waals surface area contributed by atoms with Crippen LogP contribution in [0.5, 0.6) is 0 Å². The van der Waals surface area contributed by atoms with Gasteiger partial charge in [-0.05, 0) is 29.8 Å². The number of likely N-dealkylation sites (tertiary alicyclic amines) is 1. The summed E-state index contributed by atoms with van der Waals surface area (Å²) < 4.78 is 5.37. The second-order valence-electron chi connectivity index (χ2n) is 7.80. The fourth-order valence-corrected chi connectivity index (χ4v) is 3.84. The number of benzene rings is 2. The summed E-state index contributed by atoms with van der Waals surface area (Å²) in [6.45, 7) is 0.0173. The summed E-state index contributed by atoms with van der Waals surface area (Å²) in [5.74, 6) is -1.66. The SMILES string of the molecule is CN(C)c1ccc([C@@H]2/C(=C(\O)c3cccc([N+](=O)[O-])c3)C(=O)C(=O)N2Cc2ccco2)cc1. The first kappa shape index (κ1) is 21.8. The van der Waals surface area contributed by atoms with Crippen molar-refractivity contribution in [3.63, 3.8) is 0 Å². The van der Waals surface area contributed by atoms with E-state index in [2.05, 4.69) is 0 Å². The molecular formula is C24H21N3O6. The van der Waals surface area contributed by atoms with E-state index in [1.54, 1.807) is 24.3 Å². The number of ketones is 1. The van der Waals surface area contributed by atoms with E-state index in [1.807, 2.05) is 31.1 Å². The molecule has 33 heavy (non-hydrogen) atoms. The molecule has 1 fully saturated rings. The van der Waals surface area contributed by atoms with Crippen LogP contribution in [0.15, 0.2) is 76.9 Å². The summed E-state index contributed by atoms with van der Waals surface area (Å²) >= 11 is 0. The molecule has 3 aromatic rings. The van der Waals surface area contributed by atoms with Gasteiger partial charge in [0.05, 0.1) is 29.3 Å². The number of nitro benzene ring substituents is 1. The minimum absolute atomic E-state index is 0.0173. The highest BCUT2D eigenvalue weighted by atomic mass is 16.6. The number of carbonyl (C=O) groups excluding carboxylic acids is 2. The number of aliphatic hydroxyl groups excluding tert-OH is 1. The molecule has 1 atom stereocenters. The second kappa shape index (κ2) is 8.62. The zero-order valence-corrected chi connectivity index (χ0v) is 18.0. The van der Waals surface area contributed by atoms with Gasteiger partial charge in [-0.15, -0.1) is 0 Å². The highest BCUT2D eigenvalue weighted by molar-refractivity contribution is 6.46. The first-order valence-corrected chi connectivity index (χ1v) is 10.1. The summed E-state index contributed by atoms with van der Waals surface area (Å²) in [4.78, 5) is 39.9. The molecule has 1 saturated heterocycles. The van der Waals surface area contributed by atoms with Crippen molar-refractivity contribution in [3.8, 4) is 0 Å². The number of nitro groups is 1.